The quantitative estimate of drug-likeness (QED) is 0.541. The molecule has 0 unspecified atom stereocenters. The van der Waals surface area contributed by atoms with Crippen LogP contribution in [0.4, 0.5) is 0 Å². The van der Waals surface area contributed by atoms with E-state index in [0.29, 0.717) is 6.61 Å². The Kier molecular flexibility index (Phi) is 4.48. The first-order valence-electron chi connectivity index (χ1n) is 4.79. The number of rotatable bonds is 5. The van der Waals surface area contributed by atoms with E-state index >= 15 is 0 Å². The molecule has 1 aromatic rings. The van der Waals surface area contributed by atoms with Gasteiger partial charge in [0.05, 0.1) is 13.4 Å². The zero-order valence-corrected chi connectivity index (χ0v) is 9.19. The Morgan fingerprint density at radius 3 is 2.53 bits per heavy atom. The van der Waals surface area contributed by atoms with Crippen molar-refractivity contribution in [3.8, 4) is 5.75 Å². The number of allylic oxidation sites excluding steroid dienone is 2. The minimum Gasteiger partial charge on any atom is -0.497 e. The van der Waals surface area contributed by atoms with Crippen molar-refractivity contribution in [2.24, 2.45) is 0 Å². The number of hydrogen-bond acceptors (Lipinski definition) is 2. The Hall–Kier alpha value is -1.70. The first kappa shape index (κ1) is 11.4. The molecule has 0 bridgehead atoms. The Labute approximate surface area is 90.8 Å². The lowest BCUT2D eigenvalue weighted by molar-refractivity contribution is 0.236. The zero-order chi connectivity index (χ0) is 11.1. The van der Waals surface area contributed by atoms with E-state index < -0.39 is 0 Å². The average molecular weight is 204 g/mol. The molecule has 0 spiro atoms. The molecular weight excluding hydrogens is 188 g/mol. The van der Waals surface area contributed by atoms with Crippen LogP contribution in [0.1, 0.15) is 12.5 Å². The summed E-state index contributed by atoms with van der Waals surface area (Å²) in [6, 6.07) is 7.79. The van der Waals surface area contributed by atoms with Crippen molar-refractivity contribution in [3.63, 3.8) is 0 Å². The molecule has 0 N–H and O–H groups in total. The van der Waals surface area contributed by atoms with E-state index in [1.807, 2.05) is 37.3 Å². The molecule has 0 amide bonds. The van der Waals surface area contributed by atoms with Gasteiger partial charge in [-0.25, -0.2) is 0 Å². The molecule has 2 nitrogen and oxygen atoms in total. The van der Waals surface area contributed by atoms with E-state index in [-0.39, 0.29) is 0 Å². The number of benzene rings is 1. The molecule has 0 fully saturated rings. The van der Waals surface area contributed by atoms with Gasteiger partial charge in [-0.1, -0.05) is 24.3 Å². The largest absolute Gasteiger partial charge is 0.497 e. The first-order valence-corrected chi connectivity index (χ1v) is 4.79. The van der Waals surface area contributed by atoms with Gasteiger partial charge in [0.1, 0.15) is 12.4 Å². The summed E-state index contributed by atoms with van der Waals surface area (Å²) < 4.78 is 10.4. The van der Waals surface area contributed by atoms with E-state index in [1.54, 1.807) is 13.4 Å². The summed E-state index contributed by atoms with van der Waals surface area (Å²) in [5.74, 6) is 0.858. The zero-order valence-electron chi connectivity index (χ0n) is 9.19. The maximum Gasteiger partial charge on any atom is 0.118 e. The van der Waals surface area contributed by atoms with E-state index in [4.69, 9.17) is 9.47 Å². The third-order valence-electron chi connectivity index (χ3n) is 1.86. The normalized spacial score (nSPS) is 10.3. The third kappa shape index (κ3) is 4.36. The Morgan fingerprint density at radius 1 is 1.33 bits per heavy atom. The summed E-state index contributed by atoms with van der Waals surface area (Å²) in [6.45, 7) is 6.23. The smallest absolute Gasteiger partial charge is 0.118 e. The van der Waals surface area contributed by atoms with Crippen LogP contribution in [-0.2, 0) is 11.3 Å². The average Bonchev–Trinajstić information content (AvgIpc) is 2.25. The third-order valence-corrected chi connectivity index (χ3v) is 1.86. The van der Waals surface area contributed by atoms with Crippen LogP contribution in [0.15, 0.2) is 48.8 Å². The molecule has 0 heterocycles. The van der Waals surface area contributed by atoms with E-state index in [2.05, 4.69) is 6.58 Å². The van der Waals surface area contributed by atoms with Crippen molar-refractivity contribution in [1.29, 1.82) is 0 Å². The highest BCUT2D eigenvalue weighted by atomic mass is 16.5. The van der Waals surface area contributed by atoms with Crippen LogP contribution in [0.3, 0.4) is 0 Å². The minimum atomic E-state index is 0.563. The van der Waals surface area contributed by atoms with Gasteiger partial charge in [-0.3, -0.25) is 0 Å². The highest BCUT2D eigenvalue weighted by Crippen LogP contribution is 2.11. The maximum absolute atomic E-state index is 5.32. The lowest BCUT2D eigenvalue weighted by Crippen LogP contribution is -1.87. The molecule has 80 valence electrons. The maximum atomic E-state index is 5.32. The predicted molar refractivity (Wildman–Crippen MR) is 61.7 cm³/mol. The molecule has 2 heteroatoms. The van der Waals surface area contributed by atoms with E-state index in [0.717, 1.165) is 16.9 Å². The SMILES string of the molecule is C=C(C)/C=C/OCc1ccc(OC)cc1. The fourth-order valence-electron chi connectivity index (χ4n) is 1.03. The molecular formula is C13H16O2. The van der Waals surface area contributed by atoms with Crippen LogP contribution < -0.4 is 4.74 Å². The van der Waals surface area contributed by atoms with Crippen molar-refractivity contribution >= 4 is 0 Å². The van der Waals surface area contributed by atoms with Crippen LogP contribution in [0, 0.1) is 0 Å². The fraction of sp³-hybridized carbons (Fsp3) is 0.231. The van der Waals surface area contributed by atoms with Crippen molar-refractivity contribution in [2.45, 2.75) is 13.5 Å². The van der Waals surface area contributed by atoms with Gasteiger partial charge < -0.3 is 9.47 Å². The highest BCUT2D eigenvalue weighted by molar-refractivity contribution is 5.26. The molecule has 0 saturated carbocycles. The number of hydrogen-bond donors (Lipinski definition) is 0. The molecule has 1 aromatic carbocycles. The van der Waals surface area contributed by atoms with Crippen LogP contribution in [0.25, 0.3) is 0 Å². The summed E-state index contributed by atoms with van der Waals surface area (Å²) in [6.07, 6.45) is 3.50. The summed E-state index contributed by atoms with van der Waals surface area (Å²) in [5.41, 5.74) is 2.09. The number of ether oxygens (including phenoxy) is 2. The van der Waals surface area contributed by atoms with Crippen LogP contribution in [-0.4, -0.2) is 7.11 Å². The van der Waals surface area contributed by atoms with E-state index in [1.165, 1.54) is 0 Å². The monoisotopic (exact) mass is 204 g/mol. The topological polar surface area (TPSA) is 18.5 Å². The Balaban J connectivity index is 2.41. The van der Waals surface area contributed by atoms with Gasteiger partial charge in [-0.15, -0.1) is 0 Å². The lowest BCUT2D eigenvalue weighted by atomic mass is 10.2. The lowest BCUT2D eigenvalue weighted by Gasteiger charge is -2.03. The summed E-state index contributed by atoms with van der Waals surface area (Å²) in [4.78, 5) is 0. The summed E-state index contributed by atoms with van der Waals surface area (Å²) >= 11 is 0. The van der Waals surface area contributed by atoms with Crippen LogP contribution in [0.5, 0.6) is 5.75 Å². The van der Waals surface area contributed by atoms with Crippen LogP contribution >= 0.6 is 0 Å². The first-order chi connectivity index (χ1) is 7.22. The molecule has 0 saturated heterocycles. The molecule has 0 aliphatic rings. The Morgan fingerprint density at radius 2 is 2.00 bits per heavy atom. The van der Waals surface area contributed by atoms with Gasteiger partial charge in [0.15, 0.2) is 0 Å². The van der Waals surface area contributed by atoms with Gasteiger partial charge in [-0.05, 0) is 30.7 Å². The number of methoxy groups -OCH3 is 1. The van der Waals surface area contributed by atoms with Crippen LogP contribution in [0.2, 0.25) is 0 Å². The van der Waals surface area contributed by atoms with Gasteiger partial charge >= 0.3 is 0 Å². The molecule has 1 rings (SSSR count). The minimum absolute atomic E-state index is 0.563. The molecule has 0 aromatic heterocycles. The van der Waals surface area contributed by atoms with Gasteiger partial charge in [0, 0.05) is 0 Å². The fourth-order valence-corrected chi connectivity index (χ4v) is 1.03. The predicted octanol–water partition coefficient (Wildman–Crippen LogP) is 3.30. The van der Waals surface area contributed by atoms with Gasteiger partial charge in [-0.2, -0.15) is 0 Å². The molecule has 0 atom stereocenters. The van der Waals surface area contributed by atoms with Gasteiger partial charge in [0.25, 0.3) is 0 Å². The van der Waals surface area contributed by atoms with E-state index in [9.17, 15) is 0 Å². The molecule has 15 heavy (non-hydrogen) atoms. The molecule has 0 radical (unpaired) electrons. The summed E-state index contributed by atoms with van der Waals surface area (Å²) in [5, 5.41) is 0. The second-order valence-electron chi connectivity index (χ2n) is 3.31. The summed E-state index contributed by atoms with van der Waals surface area (Å²) in [7, 11) is 1.65. The van der Waals surface area contributed by atoms with Gasteiger partial charge in [0.2, 0.25) is 0 Å². The molecule has 0 aliphatic heterocycles. The molecule has 0 aliphatic carbocycles. The van der Waals surface area contributed by atoms with Crippen molar-refractivity contribution in [3.05, 3.63) is 54.3 Å². The van der Waals surface area contributed by atoms with Crippen molar-refractivity contribution < 1.29 is 9.47 Å². The standard InChI is InChI=1S/C13H16O2/c1-11(2)8-9-15-10-12-4-6-13(14-3)7-5-12/h4-9H,1,10H2,2-3H3/b9-8+. The second kappa shape index (κ2) is 5.91. The second-order valence-corrected chi connectivity index (χ2v) is 3.31. The van der Waals surface area contributed by atoms with Crippen molar-refractivity contribution in [1.82, 2.24) is 0 Å². The highest BCUT2D eigenvalue weighted by Gasteiger charge is 1.92. The van der Waals surface area contributed by atoms with Crippen molar-refractivity contribution in [2.75, 3.05) is 7.11 Å². The Bertz CT molecular complexity index is 336.